The van der Waals surface area contributed by atoms with Gasteiger partial charge in [0.2, 0.25) is 5.89 Å². The lowest BCUT2D eigenvalue weighted by Crippen LogP contribution is -1.92. The van der Waals surface area contributed by atoms with Crippen molar-refractivity contribution in [3.05, 3.63) is 39.9 Å². The van der Waals surface area contributed by atoms with Crippen molar-refractivity contribution < 1.29 is 9.15 Å². The lowest BCUT2D eigenvalue weighted by atomic mass is 10.1. The van der Waals surface area contributed by atoms with Crippen LogP contribution in [0.15, 0.2) is 35.0 Å². The van der Waals surface area contributed by atoms with E-state index in [9.17, 15) is 0 Å². The molecular weight excluding hydrogens is 355 g/mol. The van der Waals surface area contributed by atoms with Crippen molar-refractivity contribution in [2.45, 2.75) is 6.92 Å². The largest absolute Gasteiger partial charge is 0.495 e. The summed E-state index contributed by atoms with van der Waals surface area (Å²) in [6.45, 7) is 1.86. The SMILES string of the molecule is COc1c(-c2ncc(C)o2)cnc2ccc(I)cc12. The van der Waals surface area contributed by atoms with Crippen LogP contribution in [-0.2, 0) is 0 Å². The van der Waals surface area contributed by atoms with Gasteiger partial charge in [0.25, 0.3) is 0 Å². The van der Waals surface area contributed by atoms with Gasteiger partial charge in [-0.2, -0.15) is 0 Å². The van der Waals surface area contributed by atoms with E-state index in [2.05, 4.69) is 32.6 Å². The summed E-state index contributed by atoms with van der Waals surface area (Å²) in [5.74, 6) is 2.03. The number of rotatable bonds is 2. The molecule has 0 aliphatic heterocycles. The van der Waals surface area contributed by atoms with Crippen LogP contribution in [0.3, 0.4) is 0 Å². The van der Waals surface area contributed by atoms with Crippen LogP contribution in [-0.4, -0.2) is 17.1 Å². The molecule has 3 aromatic rings. The van der Waals surface area contributed by atoms with Gasteiger partial charge in [-0.1, -0.05) is 0 Å². The standard InChI is InChI=1S/C14H11IN2O2/c1-8-6-17-14(19-8)11-7-16-12-4-3-9(15)5-10(12)13(11)18-2/h3-7H,1-2H3. The molecule has 96 valence electrons. The van der Waals surface area contributed by atoms with E-state index in [-0.39, 0.29) is 0 Å². The lowest BCUT2D eigenvalue weighted by Gasteiger charge is -2.09. The average molecular weight is 366 g/mol. The highest BCUT2D eigenvalue weighted by Crippen LogP contribution is 2.35. The summed E-state index contributed by atoms with van der Waals surface area (Å²) in [7, 11) is 1.65. The monoisotopic (exact) mass is 366 g/mol. The minimum Gasteiger partial charge on any atom is -0.495 e. The van der Waals surface area contributed by atoms with Gasteiger partial charge in [0, 0.05) is 15.2 Å². The Bertz CT molecular complexity index is 752. The van der Waals surface area contributed by atoms with Crippen LogP contribution < -0.4 is 4.74 Å². The Balaban J connectivity index is 2.31. The molecule has 5 heteroatoms. The summed E-state index contributed by atoms with van der Waals surface area (Å²) in [5, 5.41) is 0.961. The van der Waals surface area contributed by atoms with Gasteiger partial charge in [0.1, 0.15) is 11.5 Å². The van der Waals surface area contributed by atoms with E-state index in [1.54, 1.807) is 19.5 Å². The van der Waals surface area contributed by atoms with Crippen LogP contribution in [0.2, 0.25) is 0 Å². The van der Waals surface area contributed by atoms with Gasteiger partial charge in [-0.3, -0.25) is 4.98 Å². The van der Waals surface area contributed by atoms with Crippen molar-refractivity contribution >= 4 is 33.5 Å². The Kier molecular flexibility index (Phi) is 3.14. The molecule has 1 aromatic carbocycles. The second-order valence-corrected chi connectivity index (χ2v) is 5.39. The van der Waals surface area contributed by atoms with Crippen molar-refractivity contribution in [3.63, 3.8) is 0 Å². The molecule has 19 heavy (non-hydrogen) atoms. The lowest BCUT2D eigenvalue weighted by molar-refractivity contribution is 0.418. The highest BCUT2D eigenvalue weighted by Gasteiger charge is 2.15. The maximum Gasteiger partial charge on any atom is 0.231 e. The fraction of sp³-hybridized carbons (Fsp3) is 0.143. The van der Waals surface area contributed by atoms with Crippen LogP contribution >= 0.6 is 22.6 Å². The summed E-state index contributed by atoms with van der Waals surface area (Å²) >= 11 is 2.27. The third-order valence-electron chi connectivity index (χ3n) is 2.84. The Labute approximate surface area is 124 Å². The number of fused-ring (bicyclic) bond motifs is 1. The number of hydrogen-bond donors (Lipinski definition) is 0. The summed E-state index contributed by atoms with van der Waals surface area (Å²) in [5.41, 5.74) is 1.66. The van der Waals surface area contributed by atoms with Crippen molar-refractivity contribution in [1.29, 1.82) is 0 Å². The summed E-state index contributed by atoms with van der Waals surface area (Å²) < 4.78 is 12.2. The number of aromatic nitrogens is 2. The zero-order valence-electron chi connectivity index (χ0n) is 10.5. The normalized spacial score (nSPS) is 10.9. The molecule has 0 fully saturated rings. The van der Waals surface area contributed by atoms with Gasteiger partial charge >= 0.3 is 0 Å². The molecule has 0 bridgehead atoms. The molecule has 0 atom stereocenters. The molecule has 0 unspecified atom stereocenters. The molecule has 0 aliphatic carbocycles. The first-order chi connectivity index (χ1) is 9.19. The minimum absolute atomic E-state index is 0.530. The number of ether oxygens (including phenoxy) is 1. The quantitative estimate of drug-likeness (QED) is 0.648. The molecule has 0 spiro atoms. The average Bonchev–Trinajstić information content (AvgIpc) is 2.83. The predicted molar refractivity (Wildman–Crippen MR) is 81.2 cm³/mol. The van der Waals surface area contributed by atoms with Gasteiger partial charge in [-0.25, -0.2) is 4.98 Å². The molecule has 2 aromatic heterocycles. The number of hydrogen-bond acceptors (Lipinski definition) is 4. The Morgan fingerprint density at radius 2 is 2.05 bits per heavy atom. The minimum atomic E-state index is 0.530. The third-order valence-corrected chi connectivity index (χ3v) is 3.51. The summed E-state index contributed by atoms with van der Waals surface area (Å²) in [6.07, 6.45) is 3.42. The molecule has 2 heterocycles. The van der Waals surface area contributed by atoms with Gasteiger partial charge in [0.05, 0.1) is 24.4 Å². The smallest absolute Gasteiger partial charge is 0.231 e. The molecule has 0 N–H and O–H groups in total. The first-order valence-electron chi connectivity index (χ1n) is 5.74. The van der Waals surface area contributed by atoms with E-state index in [0.717, 1.165) is 31.5 Å². The topological polar surface area (TPSA) is 48.2 Å². The van der Waals surface area contributed by atoms with E-state index >= 15 is 0 Å². The summed E-state index contributed by atoms with van der Waals surface area (Å²) in [6, 6.07) is 6.04. The van der Waals surface area contributed by atoms with Gasteiger partial charge < -0.3 is 9.15 Å². The van der Waals surface area contributed by atoms with Crippen LogP contribution in [0.5, 0.6) is 5.75 Å². The van der Waals surface area contributed by atoms with Crippen LogP contribution in [0, 0.1) is 10.5 Å². The van der Waals surface area contributed by atoms with Gasteiger partial charge in [-0.05, 0) is 47.7 Å². The fourth-order valence-electron chi connectivity index (χ4n) is 1.99. The number of methoxy groups -OCH3 is 1. The van der Waals surface area contributed by atoms with Crippen LogP contribution in [0.25, 0.3) is 22.4 Å². The first-order valence-corrected chi connectivity index (χ1v) is 6.82. The molecule has 3 rings (SSSR count). The van der Waals surface area contributed by atoms with Crippen LogP contribution in [0.4, 0.5) is 0 Å². The molecular formula is C14H11IN2O2. The number of benzene rings is 1. The molecule has 0 amide bonds. The molecule has 0 saturated heterocycles. The number of aryl methyl sites for hydroxylation is 1. The van der Waals surface area contributed by atoms with Crippen molar-refractivity contribution in [3.8, 4) is 17.2 Å². The Morgan fingerprint density at radius 1 is 1.21 bits per heavy atom. The van der Waals surface area contributed by atoms with E-state index in [1.807, 2.05) is 25.1 Å². The Hall–Kier alpha value is -1.63. The highest BCUT2D eigenvalue weighted by atomic mass is 127. The van der Waals surface area contributed by atoms with Crippen molar-refractivity contribution in [1.82, 2.24) is 9.97 Å². The Morgan fingerprint density at radius 3 is 2.74 bits per heavy atom. The van der Waals surface area contributed by atoms with E-state index in [1.165, 1.54) is 0 Å². The number of nitrogens with zero attached hydrogens (tertiary/aromatic N) is 2. The van der Waals surface area contributed by atoms with Crippen molar-refractivity contribution in [2.75, 3.05) is 7.11 Å². The van der Waals surface area contributed by atoms with Crippen molar-refractivity contribution in [2.24, 2.45) is 0 Å². The number of halogens is 1. The third kappa shape index (κ3) is 2.18. The van der Waals surface area contributed by atoms with Gasteiger partial charge in [-0.15, -0.1) is 0 Å². The number of oxazole rings is 1. The maximum atomic E-state index is 5.56. The number of pyridine rings is 1. The van der Waals surface area contributed by atoms with E-state index in [4.69, 9.17) is 9.15 Å². The maximum absolute atomic E-state index is 5.56. The highest BCUT2D eigenvalue weighted by molar-refractivity contribution is 14.1. The zero-order valence-corrected chi connectivity index (χ0v) is 12.6. The molecule has 4 nitrogen and oxygen atoms in total. The predicted octanol–water partition coefficient (Wildman–Crippen LogP) is 3.81. The fourth-order valence-corrected chi connectivity index (χ4v) is 2.48. The van der Waals surface area contributed by atoms with E-state index < -0.39 is 0 Å². The zero-order chi connectivity index (χ0) is 13.4. The van der Waals surface area contributed by atoms with E-state index in [0.29, 0.717) is 5.89 Å². The summed E-state index contributed by atoms with van der Waals surface area (Å²) in [4.78, 5) is 8.67. The molecule has 0 saturated carbocycles. The molecule has 0 radical (unpaired) electrons. The van der Waals surface area contributed by atoms with Gasteiger partial charge in [0.15, 0.2) is 0 Å². The van der Waals surface area contributed by atoms with Crippen LogP contribution in [0.1, 0.15) is 5.76 Å². The second-order valence-electron chi connectivity index (χ2n) is 4.14. The second kappa shape index (κ2) is 4.80. The first kappa shape index (κ1) is 12.4. The molecule has 0 aliphatic rings.